The molecule has 46 heavy (non-hydrogen) atoms. The largest absolute Gasteiger partial charge is 0.490 e. The van der Waals surface area contributed by atoms with Gasteiger partial charge in [0.1, 0.15) is 5.75 Å². The van der Waals surface area contributed by atoms with Gasteiger partial charge in [-0.05, 0) is 75.6 Å². The summed E-state index contributed by atoms with van der Waals surface area (Å²) in [6.07, 6.45) is 1.86. The molecule has 0 saturated heterocycles. The standard InChI is InChI=1S/C36H46N4O6/c1-25-22-40(26(2)24-41)35(43)31-21-30(37-34(42)28-14-7-5-8-15-28)18-19-32(31)46-27(3)13-11-12-20-45-33(25)23-39(4)36(44)38-29-16-9-6-10-17-29/h5-10,14-19,21,25-27,33,41H,11-13,20,22-24H2,1-4H3,(H,37,42)(H,38,44)/t25-,26+,27-,33+/m0/s1. The van der Waals surface area contributed by atoms with Crippen LogP contribution in [0.4, 0.5) is 16.2 Å². The molecule has 10 nitrogen and oxygen atoms in total. The van der Waals surface area contributed by atoms with Gasteiger partial charge in [0, 0.05) is 49.6 Å². The third kappa shape index (κ3) is 9.55. The Labute approximate surface area is 271 Å². The normalized spacial score (nSPS) is 20.0. The second-order valence-corrected chi connectivity index (χ2v) is 12.0. The quantitative estimate of drug-likeness (QED) is 0.299. The van der Waals surface area contributed by atoms with Gasteiger partial charge in [-0.25, -0.2) is 4.79 Å². The minimum Gasteiger partial charge on any atom is -0.490 e. The number of ether oxygens (including phenoxy) is 2. The van der Waals surface area contributed by atoms with Gasteiger partial charge in [0.05, 0.1) is 30.4 Å². The first kappa shape index (κ1) is 34.5. The number of rotatable bonds is 7. The molecule has 0 aliphatic carbocycles. The van der Waals surface area contributed by atoms with Crippen LogP contribution in [0, 0.1) is 5.92 Å². The van der Waals surface area contributed by atoms with Gasteiger partial charge < -0.3 is 35.0 Å². The number of hydrogen-bond acceptors (Lipinski definition) is 6. The van der Waals surface area contributed by atoms with Crippen molar-refractivity contribution < 1.29 is 29.0 Å². The van der Waals surface area contributed by atoms with Crippen LogP contribution in [0.15, 0.2) is 78.9 Å². The number of amides is 4. The Morgan fingerprint density at radius 1 is 0.978 bits per heavy atom. The van der Waals surface area contributed by atoms with Crippen LogP contribution in [0.3, 0.4) is 0 Å². The van der Waals surface area contributed by atoms with Crippen molar-refractivity contribution in [1.29, 1.82) is 0 Å². The number of hydrogen-bond donors (Lipinski definition) is 3. The zero-order valence-corrected chi connectivity index (χ0v) is 27.1. The van der Waals surface area contributed by atoms with Crippen LogP contribution in [0.5, 0.6) is 5.75 Å². The second-order valence-electron chi connectivity index (χ2n) is 12.0. The number of anilines is 2. The summed E-state index contributed by atoms with van der Waals surface area (Å²) < 4.78 is 12.6. The number of carbonyl (C=O) groups excluding carboxylic acids is 3. The van der Waals surface area contributed by atoms with E-state index in [4.69, 9.17) is 9.47 Å². The Balaban J connectivity index is 1.60. The average Bonchev–Trinajstić information content (AvgIpc) is 3.06. The van der Waals surface area contributed by atoms with Crippen molar-refractivity contribution in [2.45, 2.75) is 58.3 Å². The lowest BCUT2D eigenvalue weighted by atomic mass is 10.0. The van der Waals surface area contributed by atoms with E-state index in [0.717, 1.165) is 19.3 Å². The molecule has 0 fully saturated rings. The predicted molar refractivity (Wildman–Crippen MR) is 179 cm³/mol. The lowest BCUT2D eigenvalue weighted by Crippen LogP contribution is -2.48. The van der Waals surface area contributed by atoms with Crippen LogP contribution in [-0.2, 0) is 4.74 Å². The highest BCUT2D eigenvalue weighted by atomic mass is 16.5. The molecule has 3 aromatic rings. The molecule has 1 heterocycles. The molecule has 0 bridgehead atoms. The fourth-order valence-corrected chi connectivity index (χ4v) is 5.35. The fourth-order valence-electron chi connectivity index (χ4n) is 5.35. The number of aliphatic hydroxyl groups is 1. The number of aliphatic hydroxyl groups excluding tert-OH is 1. The third-order valence-corrected chi connectivity index (χ3v) is 8.17. The van der Waals surface area contributed by atoms with Gasteiger partial charge in [0.2, 0.25) is 0 Å². The molecule has 4 amide bonds. The monoisotopic (exact) mass is 630 g/mol. The number of para-hydroxylation sites is 1. The Kier molecular flexibility index (Phi) is 12.6. The highest BCUT2D eigenvalue weighted by molar-refractivity contribution is 6.05. The summed E-state index contributed by atoms with van der Waals surface area (Å²) in [6.45, 7) is 6.55. The van der Waals surface area contributed by atoms with E-state index in [1.807, 2.05) is 50.2 Å². The maximum atomic E-state index is 14.3. The lowest BCUT2D eigenvalue weighted by Gasteiger charge is -2.35. The van der Waals surface area contributed by atoms with Crippen molar-refractivity contribution >= 4 is 29.2 Å². The molecule has 1 aliphatic heterocycles. The summed E-state index contributed by atoms with van der Waals surface area (Å²) >= 11 is 0. The number of benzene rings is 3. The highest BCUT2D eigenvalue weighted by Gasteiger charge is 2.31. The highest BCUT2D eigenvalue weighted by Crippen LogP contribution is 2.29. The third-order valence-electron chi connectivity index (χ3n) is 8.17. The number of nitrogens with one attached hydrogen (secondary N) is 2. The van der Waals surface area contributed by atoms with Crippen LogP contribution in [0.2, 0.25) is 0 Å². The van der Waals surface area contributed by atoms with E-state index in [0.29, 0.717) is 41.4 Å². The Morgan fingerprint density at radius 2 is 1.67 bits per heavy atom. The first-order valence-electron chi connectivity index (χ1n) is 15.9. The topological polar surface area (TPSA) is 120 Å². The molecule has 0 aromatic heterocycles. The van der Waals surface area contributed by atoms with Gasteiger partial charge >= 0.3 is 6.03 Å². The molecule has 0 saturated carbocycles. The molecule has 1 aliphatic rings. The van der Waals surface area contributed by atoms with Crippen molar-refractivity contribution in [3.8, 4) is 5.75 Å². The maximum absolute atomic E-state index is 14.3. The lowest BCUT2D eigenvalue weighted by molar-refractivity contribution is -0.0115. The second kappa shape index (κ2) is 16.8. The van der Waals surface area contributed by atoms with Crippen molar-refractivity contribution in [3.63, 3.8) is 0 Å². The van der Waals surface area contributed by atoms with E-state index in [1.54, 1.807) is 66.2 Å². The van der Waals surface area contributed by atoms with Crippen LogP contribution in [-0.4, -0.2) is 84.4 Å². The molecule has 3 aromatic carbocycles. The van der Waals surface area contributed by atoms with E-state index in [1.165, 1.54) is 0 Å². The molecular weight excluding hydrogens is 584 g/mol. The van der Waals surface area contributed by atoms with Crippen molar-refractivity contribution in [3.05, 3.63) is 90.0 Å². The van der Waals surface area contributed by atoms with Crippen molar-refractivity contribution in [2.75, 3.05) is 44.0 Å². The molecule has 0 radical (unpaired) electrons. The Bertz CT molecular complexity index is 1440. The number of nitrogens with zero attached hydrogens (tertiary/aromatic N) is 2. The summed E-state index contributed by atoms with van der Waals surface area (Å²) in [5.41, 5.74) is 1.94. The fraction of sp³-hybridized carbons (Fsp3) is 0.417. The summed E-state index contributed by atoms with van der Waals surface area (Å²) in [4.78, 5) is 43.4. The van der Waals surface area contributed by atoms with Crippen molar-refractivity contribution in [2.24, 2.45) is 5.92 Å². The van der Waals surface area contributed by atoms with E-state index in [2.05, 4.69) is 10.6 Å². The van der Waals surface area contributed by atoms with Gasteiger partial charge in [0.25, 0.3) is 11.8 Å². The summed E-state index contributed by atoms with van der Waals surface area (Å²) in [6, 6.07) is 22.4. The summed E-state index contributed by atoms with van der Waals surface area (Å²) in [5, 5.41) is 16.0. The zero-order valence-electron chi connectivity index (χ0n) is 27.1. The smallest absolute Gasteiger partial charge is 0.321 e. The molecule has 0 unspecified atom stereocenters. The van der Waals surface area contributed by atoms with Crippen LogP contribution in [0.25, 0.3) is 0 Å². The Morgan fingerprint density at radius 3 is 2.37 bits per heavy atom. The number of fused-ring (bicyclic) bond motifs is 1. The van der Waals surface area contributed by atoms with Gasteiger partial charge in [-0.15, -0.1) is 0 Å². The van der Waals surface area contributed by atoms with E-state index >= 15 is 0 Å². The molecule has 4 rings (SSSR count). The van der Waals surface area contributed by atoms with Gasteiger partial charge in [-0.3, -0.25) is 9.59 Å². The molecule has 3 N–H and O–H groups in total. The SMILES string of the molecule is C[C@H](CO)N1C[C@H](C)[C@@H](CN(C)C(=O)Nc2ccccc2)OCCCC[C@H](C)Oc2ccc(NC(=O)c3ccccc3)cc2C1=O. The summed E-state index contributed by atoms with van der Waals surface area (Å²) in [5.74, 6) is -0.410. The maximum Gasteiger partial charge on any atom is 0.321 e. The van der Waals surface area contributed by atoms with Gasteiger partial charge in [-0.1, -0.05) is 43.3 Å². The molecule has 0 spiro atoms. The minimum atomic E-state index is -0.518. The number of likely N-dealkylation sites (N-methyl/N-ethyl adjacent to an activating group) is 1. The van der Waals surface area contributed by atoms with Crippen molar-refractivity contribution in [1.82, 2.24) is 9.80 Å². The zero-order chi connectivity index (χ0) is 33.1. The predicted octanol–water partition coefficient (Wildman–Crippen LogP) is 5.90. The van der Waals surface area contributed by atoms with Gasteiger partial charge in [-0.2, -0.15) is 0 Å². The van der Waals surface area contributed by atoms with Crippen LogP contribution >= 0.6 is 0 Å². The Hall–Kier alpha value is -4.41. The molecule has 246 valence electrons. The average molecular weight is 631 g/mol. The van der Waals surface area contributed by atoms with Gasteiger partial charge in [0.15, 0.2) is 0 Å². The number of carbonyl (C=O) groups is 3. The summed E-state index contributed by atoms with van der Waals surface area (Å²) in [7, 11) is 1.72. The van der Waals surface area contributed by atoms with E-state index in [9.17, 15) is 19.5 Å². The van der Waals surface area contributed by atoms with Crippen LogP contribution < -0.4 is 15.4 Å². The molecule has 4 atom stereocenters. The molecular formula is C36H46N4O6. The minimum absolute atomic E-state index is 0.175. The first-order chi connectivity index (χ1) is 22.2. The molecule has 10 heteroatoms. The number of urea groups is 1. The van der Waals surface area contributed by atoms with Crippen LogP contribution in [0.1, 0.15) is 60.7 Å². The first-order valence-corrected chi connectivity index (χ1v) is 15.9. The van der Waals surface area contributed by atoms with E-state index in [-0.39, 0.29) is 49.1 Å². The van der Waals surface area contributed by atoms with E-state index < -0.39 is 6.04 Å².